The van der Waals surface area contributed by atoms with Gasteiger partial charge in [0.15, 0.2) is 0 Å². The molecule has 8 heteroatoms. The third-order valence-corrected chi connectivity index (χ3v) is 2.42. The van der Waals surface area contributed by atoms with Crippen molar-refractivity contribution in [3.63, 3.8) is 0 Å². The Labute approximate surface area is 105 Å². The lowest BCUT2D eigenvalue weighted by molar-refractivity contribution is -0.151. The van der Waals surface area contributed by atoms with Crippen molar-refractivity contribution in [3.05, 3.63) is 47.7 Å². The fourth-order valence-electron chi connectivity index (χ4n) is 1.39. The van der Waals surface area contributed by atoms with Crippen molar-refractivity contribution < 1.29 is 22.0 Å². The summed E-state index contributed by atoms with van der Waals surface area (Å²) in [7, 11) is 0. The van der Waals surface area contributed by atoms with Crippen molar-refractivity contribution in [1.29, 1.82) is 0 Å². The van der Waals surface area contributed by atoms with E-state index in [1.807, 2.05) is 0 Å². The van der Waals surface area contributed by atoms with E-state index in [1.54, 1.807) is 30.3 Å². The third-order valence-electron chi connectivity index (χ3n) is 2.42. The van der Waals surface area contributed by atoms with Gasteiger partial charge in [-0.3, -0.25) is 0 Å². The van der Waals surface area contributed by atoms with E-state index in [4.69, 9.17) is 5.73 Å². The lowest BCUT2D eigenvalue weighted by Gasteiger charge is -2.10. The third kappa shape index (κ3) is 2.58. The van der Waals surface area contributed by atoms with Gasteiger partial charge in [0.2, 0.25) is 5.89 Å². The second-order valence-electron chi connectivity index (χ2n) is 3.76. The monoisotopic (exact) mass is 275 g/mol. The summed E-state index contributed by atoms with van der Waals surface area (Å²) in [6.07, 6.45) is -3.92. The number of nitrogens with two attached hydrogens (primary N) is 1. The molecule has 0 saturated heterocycles. The average molecular weight is 275 g/mol. The summed E-state index contributed by atoms with van der Waals surface area (Å²) in [5.74, 6) is -6.27. The number of hydrogen-bond donors (Lipinski definition) is 1. The second kappa shape index (κ2) is 4.96. The Kier molecular flexibility index (Phi) is 3.52. The molecule has 0 fully saturated rings. The summed E-state index contributed by atoms with van der Waals surface area (Å²) in [5.41, 5.74) is 6.26. The number of aromatic nitrogens is 2. The molecule has 0 radical (unpaired) electrons. The highest BCUT2D eigenvalue weighted by atomic mass is 19.3. The van der Waals surface area contributed by atoms with Crippen LogP contribution in [0.4, 0.5) is 17.6 Å². The predicted molar refractivity (Wildman–Crippen MR) is 56.7 cm³/mol. The Balaban J connectivity index is 2.27. The minimum absolute atomic E-state index is 0.346. The topological polar surface area (TPSA) is 64.9 Å². The maximum Gasteiger partial charge on any atom is 0.382 e. The molecule has 0 spiro atoms. The molecule has 1 aromatic heterocycles. The summed E-state index contributed by atoms with van der Waals surface area (Å²) in [6.45, 7) is 0. The molecule has 0 saturated carbocycles. The average Bonchev–Trinajstić information content (AvgIpc) is 2.89. The molecule has 102 valence electrons. The van der Waals surface area contributed by atoms with Gasteiger partial charge >= 0.3 is 12.3 Å². The van der Waals surface area contributed by atoms with Gasteiger partial charge in [0.1, 0.15) is 6.04 Å². The molecule has 2 rings (SSSR count). The molecular formula is C11H9F4N3O. The minimum Gasteiger partial charge on any atom is -0.417 e. The van der Waals surface area contributed by atoms with Crippen LogP contribution in [0.25, 0.3) is 0 Å². The van der Waals surface area contributed by atoms with Crippen LogP contribution in [0, 0.1) is 0 Å². The van der Waals surface area contributed by atoms with E-state index in [-0.39, 0.29) is 5.89 Å². The quantitative estimate of drug-likeness (QED) is 0.870. The first-order chi connectivity index (χ1) is 8.93. The SMILES string of the molecule is NC(c1ccccc1)c1nnc(C(F)(F)C(F)F)o1. The number of hydrogen-bond acceptors (Lipinski definition) is 4. The molecule has 2 N–H and O–H groups in total. The Hall–Kier alpha value is -1.96. The Morgan fingerprint density at radius 2 is 1.74 bits per heavy atom. The zero-order valence-corrected chi connectivity index (χ0v) is 9.43. The molecule has 1 unspecified atom stereocenters. The van der Waals surface area contributed by atoms with E-state index in [0.29, 0.717) is 5.56 Å². The summed E-state index contributed by atoms with van der Waals surface area (Å²) in [4.78, 5) is 0. The number of benzene rings is 1. The van der Waals surface area contributed by atoms with Crippen LogP contribution in [-0.4, -0.2) is 16.6 Å². The van der Waals surface area contributed by atoms with Crippen molar-refractivity contribution in [3.8, 4) is 0 Å². The fourth-order valence-corrected chi connectivity index (χ4v) is 1.39. The van der Waals surface area contributed by atoms with Crippen LogP contribution in [0.3, 0.4) is 0 Å². The van der Waals surface area contributed by atoms with Crippen molar-refractivity contribution in [1.82, 2.24) is 10.2 Å². The molecule has 4 nitrogen and oxygen atoms in total. The van der Waals surface area contributed by atoms with Gasteiger partial charge in [0.05, 0.1) is 0 Å². The maximum atomic E-state index is 13.0. The zero-order valence-electron chi connectivity index (χ0n) is 9.43. The maximum absolute atomic E-state index is 13.0. The Bertz CT molecular complexity index is 544. The summed E-state index contributed by atoms with van der Waals surface area (Å²) < 4.78 is 54.7. The van der Waals surface area contributed by atoms with Crippen LogP contribution in [0.15, 0.2) is 34.7 Å². The first kappa shape index (κ1) is 13.5. The van der Waals surface area contributed by atoms with Crippen LogP contribution < -0.4 is 5.73 Å². The summed E-state index contributed by atoms with van der Waals surface area (Å²) >= 11 is 0. The highest BCUT2D eigenvalue weighted by Crippen LogP contribution is 2.34. The number of nitrogens with zero attached hydrogens (tertiary/aromatic N) is 2. The van der Waals surface area contributed by atoms with Gasteiger partial charge in [0.25, 0.3) is 5.89 Å². The van der Waals surface area contributed by atoms with Crippen LogP contribution in [0.1, 0.15) is 23.4 Å². The predicted octanol–water partition coefficient (Wildman–Crippen LogP) is 2.47. The standard InChI is InChI=1S/C11H9F4N3O/c12-9(13)11(14,15)10-18-17-8(19-10)7(16)6-4-2-1-3-5-6/h1-5,7,9H,16H2. The lowest BCUT2D eigenvalue weighted by Crippen LogP contribution is -2.24. The van der Waals surface area contributed by atoms with Crippen molar-refractivity contribution >= 4 is 0 Å². The van der Waals surface area contributed by atoms with Crippen LogP contribution >= 0.6 is 0 Å². The van der Waals surface area contributed by atoms with Crippen LogP contribution in [-0.2, 0) is 5.92 Å². The number of rotatable bonds is 4. The largest absolute Gasteiger partial charge is 0.417 e. The molecular weight excluding hydrogens is 266 g/mol. The molecule has 2 aromatic rings. The number of halogens is 4. The van der Waals surface area contributed by atoms with E-state index in [1.165, 1.54) is 0 Å². The van der Waals surface area contributed by atoms with E-state index in [2.05, 4.69) is 14.6 Å². The van der Waals surface area contributed by atoms with Crippen molar-refractivity contribution in [2.75, 3.05) is 0 Å². The Morgan fingerprint density at radius 1 is 1.11 bits per heavy atom. The summed E-state index contributed by atoms with van der Waals surface area (Å²) in [5, 5.41) is 6.22. The molecule has 1 heterocycles. The first-order valence-corrected chi connectivity index (χ1v) is 5.23. The van der Waals surface area contributed by atoms with E-state index >= 15 is 0 Å². The molecule has 1 atom stereocenters. The van der Waals surface area contributed by atoms with Crippen molar-refractivity contribution in [2.45, 2.75) is 18.4 Å². The van der Waals surface area contributed by atoms with Gasteiger partial charge < -0.3 is 10.2 Å². The Morgan fingerprint density at radius 3 is 2.32 bits per heavy atom. The van der Waals surface area contributed by atoms with Crippen LogP contribution in [0.5, 0.6) is 0 Å². The fraction of sp³-hybridized carbons (Fsp3) is 0.273. The first-order valence-electron chi connectivity index (χ1n) is 5.23. The van der Waals surface area contributed by atoms with Gasteiger partial charge in [0, 0.05) is 0 Å². The van der Waals surface area contributed by atoms with Crippen LogP contribution in [0.2, 0.25) is 0 Å². The molecule has 0 aliphatic rings. The highest BCUT2D eigenvalue weighted by Gasteiger charge is 2.48. The van der Waals surface area contributed by atoms with E-state index in [0.717, 1.165) is 0 Å². The molecule has 0 aliphatic carbocycles. The summed E-state index contributed by atoms with van der Waals surface area (Å²) in [6, 6.07) is 7.40. The molecule has 1 aromatic carbocycles. The van der Waals surface area contributed by atoms with E-state index in [9.17, 15) is 17.6 Å². The second-order valence-corrected chi connectivity index (χ2v) is 3.76. The smallest absolute Gasteiger partial charge is 0.382 e. The van der Waals surface area contributed by atoms with Gasteiger partial charge in [-0.15, -0.1) is 10.2 Å². The molecule has 0 bridgehead atoms. The van der Waals surface area contributed by atoms with E-state index < -0.39 is 24.3 Å². The normalized spacial score (nSPS) is 13.8. The van der Waals surface area contributed by atoms with Crippen molar-refractivity contribution in [2.24, 2.45) is 5.73 Å². The minimum atomic E-state index is -4.48. The lowest BCUT2D eigenvalue weighted by atomic mass is 10.1. The van der Waals surface area contributed by atoms with Gasteiger partial charge in [-0.25, -0.2) is 8.78 Å². The molecule has 19 heavy (non-hydrogen) atoms. The number of alkyl halides is 4. The van der Waals surface area contributed by atoms with Gasteiger partial charge in [-0.2, -0.15) is 8.78 Å². The molecule has 0 aliphatic heterocycles. The van der Waals surface area contributed by atoms with Gasteiger partial charge in [-0.05, 0) is 5.56 Å². The zero-order chi connectivity index (χ0) is 14.0. The van der Waals surface area contributed by atoms with Gasteiger partial charge in [-0.1, -0.05) is 30.3 Å². The molecule has 0 amide bonds. The highest BCUT2D eigenvalue weighted by molar-refractivity contribution is 5.22.